The quantitative estimate of drug-likeness (QED) is 0.0469. The van der Waals surface area contributed by atoms with Gasteiger partial charge in [0, 0.05) is 90.0 Å². The SMILES string of the molecule is C#CC#CC#CC#CC#CC#CC#CC#CC#CC#CC#CC#CC#C.CCCC(Nc1cncc(-c2ccc(CNC(=O)C3CCC(=O)N3)cc2)n1)c1ccccc1.NN=NN[N+](=O)[O-].[HH].[HH].[HH].[HH].[HH].[HH].[HH].[HH].[HH].[HH].[HH].[HH].[HH]. The molecule has 1 saturated heterocycles. The second kappa shape index (κ2) is 33.9. The number of hydrogen-bond acceptors (Lipinski definition) is 9. The molecule has 1 fully saturated rings. The van der Waals surface area contributed by atoms with E-state index in [1.165, 1.54) is 11.1 Å². The van der Waals surface area contributed by atoms with Crippen molar-refractivity contribution in [2.45, 2.75) is 51.2 Å². The van der Waals surface area contributed by atoms with Crippen LogP contribution in [0.15, 0.2) is 77.4 Å². The standard InChI is InChI=1S/C26H29N5O2.C26H2.H3N5O2.13H2/c1-2-6-21(19-7-4-3-5-8-19)29-24-17-27-16-23(30-24)20-11-9-18(10-12-20)15-28-26(33)22-13-14-25(32)31-22;1-3-5-7-9-11-13-15-17-19-21-23-25-26-24-22-20-18-16-14-12-10-8-6-4-2;1-2-3-4-5(6)7;;;;;;;;;;;;;/h3-5,7-12,16-17,21-22H,2,6,13-15H2,1H3,(H,28,33)(H,29,30)(H,31,32);1-2H;(H2,1,3)(H,2,4);13*1H. The van der Waals surface area contributed by atoms with Crippen molar-refractivity contribution in [2.24, 2.45) is 16.3 Å². The van der Waals surface area contributed by atoms with Crippen LogP contribution in [0.25, 0.3) is 11.3 Å². The predicted molar refractivity (Wildman–Crippen MR) is 278 cm³/mol. The molecule has 1 aliphatic heterocycles. The third-order valence-corrected chi connectivity index (χ3v) is 7.41. The molecule has 1 aromatic heterocycles. The van der Waals surface area contributed by atoms with Crippen LogP contribution in [0.1, 0.15) is 68.3 Å². The van der Waals surface area contributed by atoms with E-state index < -0.39 is 11.1 Å². The first kappa shape index (κ1) is 51.3. The molecule has 66 heavy (non-hydrogen) atoms. The summed E-state index contributed by atoms with van der Waals surface area (Å²) in [6, 6.07) is 18.0. The van der Waals surface area contributed by atoms with Crippen molar-refractivity contribution in [2.75, 3.05) is 5.32 Å². The van der Waals surface area contributed by atoms with Crippen LogP contribution >= 0.6 is 0 Å². The summed E-state index contributed by atoms with van der Waals surface area (Å²) in [7, 11) is 0. The van der Waals surface area contributed by atoms with Gasteiger partial charge in [0.05, 0.1) is 34.4 Å². The van der Waals surface area contributed by atoms with Crippen LogP contribution in [0.3, 0.4) is 0 Å². The van der Waals surface area contributed by atoms with Gasteiger partial charge in [-0.15, -0.1) is 12.8 Å². The van der Waals surface area contributed by atoms with Crippen molar-refractivity contribution in [1.82, 2.24) is 26.1 Å². The number of carbonyl (C=O) groups excluding carboxylic acids is 2. The normalized spacial score (nSPS) is 10.5. The van der Waals surface area contributed by atoms with Gasteiger partial charge in [0.25, 0.3) is 0 Å². The molecule has 0 aliphatic carbocycles. The van der Waals surface area contributed by atoms with Gasteiger partial charge in [-0.3, -0.25) is 20.4 Å². The molecule has 2 aromatic carbocycles. The molecule has 0 radical (unpaired) electrons. The minimum Gasteiger partial charge on any atom is -0.362 e. The molecule has 6 N–H and O–H groups in total. The average molecular weight is 889 g/mol. The van der Waals surface area contributed by atoms with Gasteiger partial charge in [-0.25, -0.2) is 4.98 Å². The van der Waals surface area contributed by atoms with Crippen LogP contribution in [0.4, 0.5) is 5.82 Å². The van der Waals surface area contributed by atoms with Gasteiger partial charge < -0.3 is 26.1 Å². The minimum atomic E-state index is -0.879. The zero-order valence-electron chi connectivity index (χ0n) is 35.1. The summed E-state index contributed by atoms with van der Waals surface area (Å²) in [5.41, 5.74) is 5.30. The van der Waals surface area contributed by atoms with Crippen molar-refractivity contribution < 1.29 is 33.2 Å². The fraction of sp³-hybridized carbons (Fsp3) is 0.154. The number of nitrogens with one attached hydrogen (secondary N) is 4. The van der Waals surface area contributed by atoms with Crippen LogP contribution in [-0.2, 0) is 16.1 Å². The van der Waals surface area contributed by atoms with Crippen molar-refractivity contribution >= 4 is 17.6 Å². The third-order valence-electron chi connectivity index (χ3n) is 7.41. The Morgan fingerprint density at radius 2 is 1.32 bits per heavy atom. The molecule has 0 bridgehead atoms. The maximum atomic E-state index is 12.2. The molecule has 3 aromatic rings. The highest BCUT2D eigenvalue weighted by Crippen LogP contribution is 2.24. The summed E-state index contributed by atoms with van der Waals surface area (Å²) >= 11 is 0. The monoisotopic (exact) mass is 888 g/mol. The molecule has 1 aliphatic rings. The number of nitrogens with two attached hydrogens (primary N) is 1. The first-order chi connectivity index (χ1) is 32.3. The van der Waals surface area contributed by atoms with Gasteiger partial charge in [-0.1, -0.05) is 67.9 Å². The lowest BCUT2D eigenvalue weighted by Crippen LogP contribution is -2.41. The molecule has 14 nitrogen and oxygen atoms in total. The van der Waals surface area contributed by atoms with E-state index >= 15 is 0 Å². The van der Waals surface area contributed by atoms with E-state index in [1.54, 1.807) is 12.4 Å². The first-order valence-corrected chi connectivity index (χ1v) is 19.0. The Labute approximate surface area is 403 Å². The van der Waals surface area contributed by atoms with E-state index in [1.807, 2.05) is 30.3 Å². The number of anilines is 1. The van der Waals surface area contributed by atoms with Crippen molar-refractivity contribution in [3.8, 4) is 166 Å². The van der Waals surface area contributed by atoms with E-state index in [0.29, 0.717) is 19.4 Å². The highest BCUT2D eigenvalue weighted by Gasteiger charge is 2.26. The summed E-state index contributed by atoms with van der Waals surface area (Å²) in [4.78, 5) is 41.9. The fourth-order valence-electron chi connectivity index (χ4n) is 4.73. The van der Waals surface area contributed by atoms with Gasteiger partial charge >= 0.3 is 0 Å². The Balaban J connectivity index is -0.0000000896. The Hall–Kier alpha value is -10.9. The molecule has 0 saturated carbocycles. The van der Waals surface area contributed by atoms with Crippen molar-refractivity contribution in [3.63, 3.8) is 0 Å². The Morgan fingerprint density at radius 3 is 1.73 bits per heavy atom. The van der Waals surface area contributed by atoms with Crippen LogP contribution in [0.2, 0.25) is 0 Å². The number of hydrazine groups is 1. The predicted octanol–water partition coefficient (Wildman–Crippen LogP) is 6.49. The van der Waals surface area contributed by atoms with Gasteiger partial charge in [0.2, 0.25) is 11.8 Å². The Kier molecular flexibility index (Phi) is 26.4. The van der Waals surface area contributed by atoms with E-state index in [-0.39, 0.29) is 36.4 Å². The Bertz CT molecular complexity index is 3000. The largest absolute Gasteiger partial charge is 0.362 e. The molecule has 14 heteroatoms. The van der Waals surface area contributed by atoms with Gasteiger partial charge in [0.15, 0.2) is 5.22 Å². The molecular weight excluding hydrogens is 829 g/mol. The second-order valence-corrected chi connectivity index (χ2v) is 11.9. The van der Waals surface area contributed by atoms with Crippen LogP contribution in [0.5, 0.6) is 0 Å². The van der Waals surface area contributed by atoms with Crippen LogP contribution in [-0.4, -0.2) is 32.9 Å². The number of carbonyl (C=O) groups is 2. The number of rotatable bonds is 11. The smallest absolute Gasteiger partial charge is 0.242 e. The van der Waals surface area contributed by atoms with Gasteiger partial charge in [0.1, 0.15) is 11.9 Å². The number of hydrogen-bond donors (Lipinski definition) is 5. The zero-order valence-corrected chi connectivity index (χ0v) is 35.1. The topological polar surface area (TPSA) is 202 Å². The van der Waals surface area contributed by atoms with E-state index in [2.05, 4.69) is 211 Å². The molecule has 342 valence electrons. The third kappa shape index (κ3) is 24.3. The molecule has 2 atom stereocenters. The summed E-state index contributed by atoms with van der Waals surface area (Å²) in [6.45, 7) is 2.59. The van der Waals surface area contributed by atoms with Crippen molar-refractivity contribution in [3.05, 3.63) is 88.2 Å². The van der Waals surface area contributed by atoms with E-state index in [4.69, 9.17) is 17.8 Å². The lowest BCUT2D eigenvalue weighted by atomic mass is 10.0. The van der Waals surface area contributed by atoms with Gasteiger partial charge in [-0.2, -0.15) is 0 Å². The number of nitrogens with zero attached hydrogens (tertiary/aromatic N) is 5. The maximum absolute atomic E-state index is 12.2. The number of terminal acetylenes is 2. The minimum absolute atomic E-state index is 0. The van der Waals surface area contributed by atoms with E-state index in [0.717, 1.165) is 35.5 Å². The maximum Gasteiger partial charge on any atom is 0.242 e. The Morgan fingerprint density at radius 1 is 0.818 bits per heavy atom. The first-order valence-electron chi connectivity index (χ1n) is 19.0. The fourth-order valence-corrected chi connectivity index (χ4v) is 4.73. The molecule has 0 spiro atoms. The highest BCUT2D eigenvalue weighted by atomic mass is 16.7. The summed E-state index contributed by atoms with van der Waals surface area (Å²) < 4.78 is 0. The molecule has 2 unspecified atom stereocenters. The van der Waals surface area contributed by atoms with E-state index in [9.17, 15) is 19.7 Å². The average Bonchev–Trinajstić information content (AvgIpc) is 3.78. The van der Waals surface area contributed by atoms with Crippen LogP contribution in [0, 0.1) is 165 Å². The summed E-state index contributed by atoms with van der Waals surface area (Å²) in [5.74, 6) is 63.1. The zero-order chi connectivity index (χ0) is 47.7. The summed E-state index contributed by atoms with van der Waals surface area (Å²) in [5, 5.41) is 22.6. The molecule has 2 heterocycles. The highest BCUT2D eigenvalue weighted by molar-refractivity contribution is 5.90. The number of nitro groups is 1. The number of amides is 2. The molecule has 4 rings (SSSR count). The lowest BCUT2D eigenvalue weighted by molar-refractivity contribution is -0.546. The number of benzene rings is 2. The van der Waals surface area contributed by atoms with Crippen LogP contribution < -0.4 is 27.3 Å². The summed E-state index contributed by atoms with van der Waals surface area (Å²) in [6.07, 6.45) is 16.3. The second-order valence-electron chi connectivity index (χ2n) is 11.9. The lowest BCUT2D eigenvalue weighted by Gasteiger charge is -2.19. The number of aromatic nitrogens is 2. The van der Waals surface area contributed by atoms with Gasteiger partial charge in [-0.05, 0) is 119 Å². The molecule has 2 amide bonds. The van der Waals surface area contributed by atoms with Crippen molar-refractivity contribution in [1.29, 1.82) is 0 Å². The molecular formula is C52H60N10O4.